The summed E-state index contributed by atoms with van der Waals surface area (Å²) in [5.41, 5.74) is 1.58. The molecule has 0 aliphatic carbocycles. The number of fused-ring (bicyclic) bond motifs is 1. The van der Waals surface area contributed by atoms with Crippen molar-refractivity contribution in [3.05, 3.63) is 53.8 Å². The van der Waals surface area contributed by atoms with Gasteiger partial charge in [-0.3, -0.25) is 0 Å². The summed E-state index contributed by atoms with van der Waals surface area (Å²) in [6.07, 6.45) is 0.421. The van der Waals surface area contributed by atoms with E-state index in [9.17, 15) is 9.50 Å². The highest BCUT2D eigenvalue weighted by atomic mass is 19.1. The van der Waals surface area contributed by atoms with E-state index in [1.807, 2.05) is 6.07 Å². The Balaban J connectivity index is 1.85. The second kappa shape index (κ2) is 6.49. The van der Waals surface area contributed by atoms with E-state index < -0.39 is 0 Å². The van der Waals surface area contributed by atoms with Crippen molar-refractivity contribution in [3.63, 3.8) is 0 Å². The molecule has 4 heteroatoms. The van der Waals surface area contributed by atoms with Crippen LogP contribution in [0.3, 0.4) is 0 Å². The Morgan fingerprint density at radius 3 is 2.78 bits per heavy atom. The van der Waals surface area contributed by atoms with E-state index in [1.165, 1.54) is 6.07 Å². The topological polar surface area (TPSA) is 32.7 Å². The van der Waals surface area contributed by atoms with Gasteiger partial charge in [-0.05, 0) is 29.7 Å². The molecule has 0 saturated carbocycles. The number of anilines is 1. The highest BCUT2D eigenvalue weighted by molar-refractivity contribution is 5.63. The van der Waals surface area contributed by atoms with E-state index in [0.717, 1.165) is 18.0 Å². The molecule has 1 N–H and O–H groups in total. The van der Waals surface area contributed by atoms with Crippen LogP contribution in [0.15, 0.2) is 42.5 Å². The third-order valence-corrected chi connectivity index (χ3v) is 3.99. The number of nitrogens with zero attached hydrogens (tertiary/aromatic N) is 1. The van der Waals surface area contributed by atoms with Gasteiger partial charge in [-0.25, -0.2) is 4.39 Å². The van der Waals surface area contributed by atoms with Crippen LogP contribution in [0.4, 0.5) is 10.1 Å². The normalized spacial score (nSPS) is 17.0. The molecule has 3 rings (SSSR count). The second-order valence-electron chi connectivity index (χ2n) is 6.49. The minimum absolute atomic E-state index is 0.109. The van der Waals surface area contributed by atoms with Crippen molar-refractivity contribution < 1.29 is 14.2 Å². The first-order valence-electron chi connectivity index (χ1n) is 8.01. The quantitative estimate of drug-likeness (QED) is 0.926. The zero-order valence-corrected chi connectivity index (χ0v) is 13.5. The van der Waals surface area contributed by atoms with Gasteiger partial charge in [-0.15, -0.1) is 0 Å². The van der Waals surface area contributed by atoms with E-state index in [2.05, 4.69) is 18.7 Å². The summed E-state index contributed by atoms with van der Waals surface area (Å²) in [6.45, 7) is 5.87. The number of hydrogen-bond acceptors (Lipinski definition) is 3. The van der Waals surface area contributed by atoms with Crippen molar-refractivity contribution in [2.24, 2.45) is 5.92 Å². The Labute approximate surface area is 136 Å². The third kappa shape index (κ3) is 3.58. The fourth-order valence-electron chi connectivity index (χ4n) is 3.04. The lowest BCUT2D eigenvalue weighted by molar-refractivity contribution is 0.190. The van der Waals surface area contributed by atoms with Crippen LogP contribution >= 0.6 is 0 Å². The Morgan fingerprint density at radius 1 is 1.26 bits per heavy atom. The van der Waals surface area contributed by atoms with Gasteiger partial charge in [0.05, 0.1) is 12.2 Å². The maximum atomic E-state index is 13.9. The number of benzene rings is 2. The predicted molar refractivity (Wildman–Crippen MR) is 89.7 cm³/mol. The Bertz CT molecular complexity index is 687. The standard InChI is InChI=1S/C19H22FNO2/c1-13(2)11-21-12-16(9-14-5-3-4-6-17(14)20)23-19-8-7-15(22)10-18(19)21/h3-8,10,13,16,22H,9,11-12H2,1-2H3. The van der Waals surface area contributed by atoms with Gasteiger partial charge in [0.25, 0.3) is 0 Å². The number of phenolic OH excluding ortho intramolecular Hbond substituents is 1. The van der Waals surface area contributed by atoms with Gasteiger partial charge in [0.1, 0.15) is 23.4 Å². The second-order valence-corrected chi connectivity index (χ2v) is 6.49. The van der Waals surface area contributed by atoms with Crippen LogP contribution < -0.4 is 9.64 Å². The molecule has 1 aliphatic rings. The first-order chi connectivity index (χ1) is 11.0. The number of ether oxygens (including phenoxy) is 1. The Kier molecular flexibility index (Phi) is 4.42. The zero-order valence-electron chi connectivity index (χ0n) is 13.5. The Morgan fingerprint density at radius 2 is 2.04 bits per heavy atom. The molecule has 1 atom stereocenters. The van der Waals surface area contributed by atoms with Crippen LogP contribution in [0, 0.1) is 11.7 Å². The molecular weight excluding hydrogens is 293 g/mol. The summed E-state index contributed by atoms with van der Waals surface area (Å²) in [7, 11) is 0. The SMILES string of the molecule is CC(C)CN1CC(Cc2ccccc2F)Oc2ccc(O)cc21. The van der Waals surface area contributed by atoms with Crippen molar-refractivity contribution in [3.8, 4) is 11.5 Å². The van der Waals surface area contributed by atoms with Gasteiger partial charge in [-0.2, -0.15) is 0 Å². The monoisotopic (exact) mass is 315 g/mol. The fraction of sp³-hybridized carbons (Fsp3) is 0.368. The molecule has 23 heavy (non-hydrogen) atoms. The van der Waals surface area contributed by atoms with Crippen molar-refractivity contribution in [2.75, 3.05) is 18.0 Å². The van der Waals surface area contributed by atoms with Gasteiger partial charge in [-0.1, -0.05) is 32.0 Å². The molecule has 0 spiro atoms. The summed E-state index contributed by atoms with van der Waals surface area (Å²) >= 11 is 0. The van der Waals surface area contributed by atoms with Gasteiger partial charge < -0.3 is 14.7 Å². The highest BCUT2D eigenvalue weighted by Gasteiger charge is 2.27. The van der Waals surface area contributed by atoms with Crippen LogP contribution in [-0.4, -0.2) is 24.3 Å². The summed E-state index contributed by atoms with van der Waals surface area (Å²) in [5, 5.41) is 9.75. The highest BCUT2D eigenvalue weighted by Crippen LogP contribution is 2.37. The lowest BCUT2D eigenvalue weighted by Crippen LogP contribution is -2.42. The van der Waals surface area contributed by atoms with Crippen molar-refractivity contribution in [1.82, 2.24) is 0 Å². The van der Waals surface area contributed by atoms with Crippen LogP contribution in [0.1, 0.15) is 19.4 Å². The number of rotatable bonds is 4. The molecular formula is C19H22FNO2. The molecule has 1 heterocycles. The number of hydrogen-bond donors (Lipinski definition) is 1. The van der Waals surface area contributed by atoms with Crippen molar-refractivity contribution in [1.29, 1.82) is 0 Å². The first kappa shape index (κ1) is 15.7. The average Bonchev–Trinajstić information content (AvgIpc) is 2.50. The van der Waals surface area contributed by atoms with E-state index in [-0.39, 0.29) is 17.7 Å². The van der Waals surface area contributed by atoms with Crippen molar-refractivity contribution in [2.45, 2.75) is 26.4 Å². The molecule has 2 aromatic carbocycles. The molecule has 0 radical (unpaired) electrons. The lowest BCUT2D eigenvalue weighted by Gasteiger charge is -2.37. The molecule has 0 fully saturated rings. The van der Waals surface area contributed by atoms with Crippen LogP contribution in [-0.2, 0) is 6.42 Å². The average molecular weight is 315 g/mol. The minimum atomic E-state index is -0.192. The van der Waals surface area contributed by atoms with Crippen LogP contribution in [0.5, 0.6) is 11.5 Å². The van der Waals surface area contributed by atoms with E-state index in [4.69, 9.17) is 4.74 Å². The molecule has 0 amide bonds. The van der Waals surface area contributed by atoms with E-state index in [1.54, 1.807) is 30.3 Å². The molecule has 1 aliphatic heterocycles. The van der Waals surface area contributed by atoms with Gasteiger partial charge in [0.15, 0.2) is 0 Å². The molecule has 0 aromatic heterocycles. The molecule has 1 unspecified atom stereocenters. The van der Waals surface area contributed by atoms with Gasteiger partial charge >= 0.3 is 0 Å². The smallest absolute Gasteiger partial charge is 0.143 e. The number of phenols is 1. The predicted octanol–water partition coefficient (Wildman–Crippen LogP) is 4.00. The zero-order chi connectivity index (χ0) is 16.4. The lowest BCUT2D eigenvalue weighted by atomic mass is 10.0. The number of halogens is 1. The number of aromatic hydroxyl groups is 1. The van der Waals surface area contributed by atoms with Gasteiger partial charge in [0.2, 0.25) is 0 Å². The van der Waals surface area contributed by atoms with Crippen LogP contribution in [0.25, 0.3) is 0 Å². The van der Waals surface area contributed by atoms with Crippen LogP contribution in [0.2, 0.25) is 0 Å². The van der Waals surface area contributed by atoms with E-state index >= 15 is 0 Å². The Hall–Kier alpha value is -2.23. The van der Waals surface area contributed by atoms with Gasteiger partial charge in [0, 0.05) is 19.0 Å². The summed E-state index contributed by atoms with van der Waals surface area (Å²) in [5.74, 6) is 1.27. The first-order valence-corrected chi connectivity index (χ1v) is 8.01. The third-order valence-electron chi connectivity index (χ3n) is 3.99. The largest absolute Gasteiger partial charge is 0.508 e. The molecule has 2 aromatic rings. The molecule has 3 nitrogen and oxygen atoms in total. The maximum Gasteiger partial charge on any atom is 0.143 e. The molecule has 0 bridgehead atoms. The van der Waals surface area contributed by atoms with Crippen molar-refractivity contribution >= 4 is 5.69 Å². The summed E-state index contributed by atoms with van der Waals surface area (Å²) < 4.78 is 19.9. The maximum absolute atomic E-state index is 13.9. The van der Waals surface area contributed by atoms with E-state index in [0.29, 0.717) is 24.4 Å². The fourth-order valence-corrected chi connectivity index (χ4v) is 3.04. The molecule has 0 saturated heterocycles. The summed E-state index contributed by atoms with van der Waals surface area (Å²) in [6, 6.07) is 12.0. The minimum Gasteiger partial charge on any atom is -0.508 e. The summed E-state index contributed by atoms with van der Waals surface area (Å²) in [4.78, 5) is 2.22. The molecule has 122 valence electrons.